The van der Waals surface area contributed by atoms with Gasteiger partial charge in [-0.2, -0.15) is 5.10 Å². The van der Waals surface area contributed by atoms with Gasteiger partial charge in [-0.25, -0.2) is 4.79 Å². The SMILES string of the molecule is CC(CO)NC(=O)NC1CCCN(c2cnn(C)c2)C1. The molecule has 0 bridgehead atoms. The van der Waals surface area contributed by atoms with Crippen molar-refractivity contribution in [2.24, 2.45) is 7.05 Å². The molecule has 1 aliphatic rings. The smallest absolute Gasteiger partial charge is 0.315 e. The summed E-state index contributed by atoms with van der Waals surface area (Å²) in [5.74, 6) is 0. The van der Waals surface area contributed by atoms with Crippen LogP contribution in [0.25, 0.3) is 0 Å². The van der Waals surface area contributed by atoms with Crippen molar-refractivity contribution in [2.75, 3.05) is 24.6 Å². The Morgan fingerprint density at radius 1 is 1.65 bits per heavy atom. The molecule has 7 nitrogen and oxygen atoms in total. The molecule has 1 aliphatic heterocycles. The molecule has 112 valence electrons. The number of urea groups is 1. The maximum atomic E-state index is 11.8. The van der Waals surface area contributed by atoms with Crippen LogP contribution in [0, 0.1) is 0 Å². The Kier molecular flexibility index (Phi) is 4.84. The number of anilines is 1. The zero-order valence-corrected chi connectivity index (χ0v) is 12.0. The minimum atomic E-state index is -0.229. The lowest BCUT2D eigenvalue weighted by atomic mass is 10.1. The number of hydrogen-bond acceptors (Lipinski definition) is 4. The summed E-state index contributed by atoms with van der Waals surface area (Å²) in [5, 5.41) is 18.8. The van der Waals surface area contributed by atoms with Gasteiger partial charge in [-0.3, -0.25) is 4.68 Å². The molecule has 2 rings (SSSR count). The van der Waals surface area contributed by atoms with Crippen molar-refractivity contribution in [3.05, 3.63) is 12.4 Å². The molecule has 0 aromatic carbocycles. The molecule has 2 atom stereocenters. The van der Waals surface area contributed by atoms with Gasteiger partial charge in [-0.1, -0.05) is 0 Å². The number of nitrogens with zero attached hydrogens (tertiary/aromatic N) is 3. The fourth-order valence-electron chi connectivity index (χ4n) is 2.40. The van der Waals surface area contributed by atoms with E-state index in [1.807, 2.05) is 19.4 Å². The topological polar surface area (TPSA) is 82.4 Å². The summed E-state index contributed by atoms with van der Waals surface area (Å²) in [6, 6.07) is -0.326. The summed E-state index contributed by atoms with van der Waals surface area (Å²) in [6.45, 7) is 3.48. The van der Waals surface area contributed by atoms with Crippen molar-refractivity contribution in [3.8, 4) is 0 Å². The second-order valence-electron chi connectivity index (χ2n) is 5.36. The molecule has 0 spiro atoms. The highest BCUT2D eigenvalue weighted by molar-refractivity contribution is 5.74. The number of aromatic nitrogens is 2. The lowest BCUT2D eigenvalue weighted by molar-refractivity contribution is 0.216. The van der Waals surface area contributed by atoms with E-state index in [-0.39, 0.29) is 24.7 Å². The van der Waals surface area contributed by atoms with Crippen LogP contribution in [-0.2, 0) is 7.05 Å². The van der Waals surface area contributed by atoms with Crippen LogP contribution in [0.2, 0.25) is 0 Å². The Hall–Kier alpha value is -1.76. The second-order valence-corrected chi connectivity index (χ2v) is 5.36. The summed E-state index contributed by atoms with van der Waals surface area (Å²) >= 11 is 0. The van der Waals surface area contributed by atoms with Gasteiger partial charge in [0.1, 0.15) is 0 Å². The molecule has 1 saturated heterocycles. The van der Waals surface area contributed by atoms with Gasteiger partial charge in [0.25, 0.3) is 0 Å². The summed E-state index contributed by atoms with van der Waals surface area (Å²) in [6.07, 6.45) is 5.83. The Morgan fingerprint density at radius 2 is 2.45 bits per heavy atom. The van der Waals surface area contributed by atoms with Gasteiger partial charge in [-0.05, 0) is 19.8 Å². The molecule has 1 fully saturated rings. The summed E-state index contributed by atoms with van der Waals surface area (Å²) < 4.78 is 1.78. The molecule has 2 heterocycles. The number of nitrogens with one attached hydrogen (secondary N) is 2. The summed E-state index contributed by atoms with van der Waals surface area (Å²) in [5.41, 5.74) is 1.09. The molecule has 20 heavy (non-hydrogen) atoms. The first-order chi connectivity index (χ1) is 9.58. The van der Waals surface area contributed by atoms with Gasteiger partial charge in [0.05, 0.1) is 24.5 Å². The van der Waals surface area contributed by atoms with Crippen molar-refractivity contribution in [1.82, 2.24) is 20.4 Å². The molecular weight excluding hydrogens is 258 g/mol. The van der Waals surface area contributed by atoms with E-state index in [0.29, 0.717) is 0 Å². The number of aryl methyl sites for hydroxylation is 1. The van der Waals surface area contributed by atoms with Gasteiger partial charge in [0, 0.05) is 32.4 Å². The van der Waals surface area contributed by atoms with E-state index in [0.717, 1.165) is 31.6 Å². The predicted molar refractivity (Wildman–Crippen MR) is 76.7 cm³/mol. The summed E-state index contributed by atoms with van der Waals surface area (Å²) in [7, 11) is 1.90. The average molecular weight is 281 g/mol. The first-order valence-corrected chi connectivity index (χ1v) is 7.00. The van der Waals surface area contributed by atoms with Gasteiger partial charge in [0.2, 0.25) is 0 Å². The van der Waals surface area contributed by atoms with Gasteiger partial charge < -0.3 is 20.6 Å². The molecule has 1 aromatic rings. The van der Waals surface area contributed by atoms with Gasteiger partial charge >= 0.3 is 6.03 Å². The number of carbonyl (C=O) groups is 1. The fourth-order valence-corrected chi connectivity index (χ4v) is 2.40. The van der Waals surface area contributed by atoms with Gasteiger partial charge in [-0.15, -0.1) is 0 Å². The lowest BCUT2D eigenvalue weighted by Crippen LogP contribution is -2.52. The monoisotopic (exact) mass is 281 g/mol. The number of aliphatic hydroxyl groups excluding tert-OH is 1. The van der Waals surface area contributed by atoms with Crippen molar-refractivity contribution >= 4 is 11.7 Å². The van der Waals surface area contributed by atoms with E-state index in [4.69, 9.17) is 5.11 Å². The van der Waals surface area contributed by atoms with E-state index in [1.54, 1.807) is 11.6 Å². The molecule has 1 aromatic heterocycles. The Balaban J connectivity index is 1.86. The lowest BCUT2D eigenvalue weighted by Gasteiger charge is -2.34. The third kappa shape index (κ3) is 3.86. The zero-order valence-electron chi connectivity index (χ0n) is 12.0. The van der Waals surface area contributed by atoms with Crippen LogP contribution >= 0.6 is 0 Å². The molecular formula is C13H23N5O2. The highest BCUT2D eigenvalue weighted by atomic mass is 16.3. The van der Waals surface area contributed by atoms with E-state index < -0.39 is 0 Å². The number of rotatable bonds is 4. The zero-order chi connectivity index (χ0) is 14.5. The van der Waals surface area contributed by atoms with Gasteiger partial charge in [0.15, 0.2) is 0 Å². The standard InChI is InChI=1S/C13H23N5O2/c1-10(9-19)15-13(20)16-11-4-3-5-18(7-11)12-6-14-17(2)8-12/h6,8,10-11,19H,3-5,7,9H2,1-2H3,(H2,15,16,20). The number of amides is 2. The Bertz CT molecular complexity index is 448. The largest absolute Gasteiger partial charge is 0.394 e. The minimum absolute atomic E-state index is 0.0557. The molecule has 7 heteroatoms. The molecule has 3 N–H and O–H groups in total. The van der Waals surface area contributed by atoms with Crippen LogP contribution in [0.5, 0.6) is 0 Å². The number of aliphatic hydroxyl groups is 1. The van der Waals surface area contributed by atoms with E-state index in [1.165, 1.54) is 0 Å². The number of piperidine rings is 1. The normalized spacial score (nSPS) is 20.6. The molecule has 2 unspecified atom stereocenters. The minimum Gasteiger partial charge on any atom is -0.394 e. The third-order valence-electron chi connectivity index (χ3n) is 3.46. The second kappa shape index (κ2) is 6.60. The number of carbonyl (C=O) groups excluding carboxylic acids is 1. The molecule has 0 saturated carbocycles. The van der Waals surface area contributed by atoms with Crippen molar-refractivity contribution < 1.29 is 9.90 Å². The van der Waals surface area contributed by atoms with Crippen LogP contribution in [0.3, 0.4) is 0 Å². The molecule has 2 amide bonds. The van der Waals surface area contributed by atoms with E-state index in [9.17, 15) is 4.79 Å². The van der Waals surface area contributed by atoms with Crippen LogP contribution in [0.1, 0.15) is 19.8 Å². The first kappa shape index (κ1) is 14.6. The highest BCUT2D eigenvalue weighted by Gasteiger charge is 2.22. The average Bonchev–Trinajstić information content (AvgIpc) is 2.85. The fraction of sp³-hybridized carbons (Fsp3) is 0.692. The van der Waals surface area contributed by atoms with E-state index >= 15 is 0 Å². The summed E-state index contributed by atoms with van der Waals surface area (Å²) in [4.78, 5) is 14.0. The molecule has 0 aliphatic carbocycles. The first-order valence-electron chi connectivity index (χ1n) is 7.00. The number of hydrogen-bond donors (Lipinski definition) is 3. The Morgan fingerprint density at radius 3 is 3.10 bits per heavy atom. The van der Waals surface area contributed by atoms with Crippen LogP contribution in [0.4, 0.5) is 10.5 Å². The van der Waals surface area contributed by atoms with Crippen LogP contribution in [0.15, 0.2) is 12.4 Å². The maximum absolute atomic E-state index is 11.8. The van der Waals surface area contributed by atoms with Crippen LogP contribution in [-0.4, -0.2) is 52.7 Å². The van der Waals surface area contributed by atoms with Crippen LogP contribution < -0.4 is 15.5 Å². The van der Waals surface area contributed by atoms with E-state index in [2.05, 4.69) is 20.6 Å². The highest BCUT2D eigenvalue weighted by Crippen LogP contribution is 2.18. The quantitative estimate of drug-likeness (QED) is 0.729. The van der Waals surface area contributed by atoms with Crippen molar-refractivity contribution in [1.29, 1.82) is 0 Å². The Labute approximate surface area is 118 Å². The molecule has 0 radical (unpaired) electrons. The third-order valence-corrected chi connectivity index (χ3v) is 3.46. The predicted octanol–water partition coefficient (Wildman–Crippen LogP) is 0.0689. The van der Waals surface area contributed by atoms with Crippen molar-refractivity contribution in [3.63, 3.8) is 0 Å². The maximum Gasteiger partial charge on any atom is 0.315 e. The van der Waals surface area contributed by atoms with Crippen molar-refractivity contribution in [2.45, 2.75) is 31.8 Å².